The number of nitrogens with one attached hydrogen (secondary N) is 1. The molecule has 5 nitrogen and oxygen atoms in total. The van der Waals surface area contributed by atoms with Gasteiger partial charge in [-0.15, -0.1) is 0 Å². The molecule has 0 aliphatic rings. The standard InChI is InChI=1S/C21H17FN2O3/c22-17-9-11-18(12-10-17)23-20(14-21(25)15-5-2-1-3-6-15)16-7-4-8-19(13-16)24(26)27/h1-13,20,23H,14H2. The molecule has 0 aliphatic heterocycles. The Morgan fingerprint density at radius 2 is 1.70 bits per heavy atom. The predicted molar refractivity (Wildman–Crippen MR) is 101 cm³/mol. The average Bonchev–Trinajstić information content (AvgIpc) is 2.70. The summed E-state index contributed by atoms with van der Waals surface area (Å²) in [5.74, 6) is -0.463. The van der Waals surface area contributed by atoms with E-state index in [-0.39, 0.29) is 23.7 Å². The zero-order valence-electron chi connectivity index (χ0n) is 14.3. The molecule has 0 fully saturated rings. The highest BCUT2D eigenvalue weighted by molar-refractivity contribution is 5.96. The molecule has 27 heavy (non-hydrogen) atoms. The van der Waals surface area contributed by atoms with Gasteiger partial charge in [-0.2, -0.15) is 0 Å². The Hall–Kier alpha value is -3.54. The van der Waals surface area contributed by atoms with Crippen LogP contribution in [0.1, 0.15) is 28.4 Å². The van der Waals surface area contributed by atoms with Gasteiger partial charge < -0.3 is 5.32 Å². The van der Waals surface area contributed by atoms with Crippen LogP contribution in [0.5, 0.6) is 0 Å². The largest absolute Gasteiger partial charge is 0.378 e. The van der Waals surface area contributed by atoms with E-state index in [0.717, 1.165) is 0 Å². The van der Waals surface area contributed by atoms with Crippen LogP contribution >= 0.6 is 0 Å². The van der Waals surface area contributed by atoms with Crippen LogP contribution in [-0.4, -0.2) is 10.7 Å². The summed E-state index contributed by atoms with van der Waals surface area (Å²) in [7, 11) is 0. The van der Waals surface area contributed by atoms with Gasteiger partial charge in [0.05, 0.1) is 11.0 Å². The van der Waals surface area contributed by atoms with Gasteiger partial charge in [-0.1, -0.05) is 42.5 Å². The van der Waals surface area contributed by atoms with Gasteiger partial charge in [0.1, 0.15) is 5.82 Å². The molecule has 1 unspecified atom stereocenters. The second-order valence-corrected chi connectivity index (χ2v) is 6.05. The smallest absolute Gasteiger partial charge is 0.269 e. The number of Topliss-reactive ketones (excluding diaryl/α,β-unsaturated/α-hetero) is 1. The van der Waals surface area contributed by atoms with Gasteiger partial charge in [-0.3, -0.25) is 14.9 Å². The van der Waals surface area contributed by atoms with Crippen LogP contribution in [0.2, 0.25) is 0 Å². The van der Waals surface area contributed by atoms with E-state index < -0.39 is 11.0 Å². The minimum absolute atomic E-state index is 0.0504. The molecule has 1 atom stereocenters. The third-order valence-corrected chi connectivity index (χ3v) is 4.15. The molecule has 0 heterocycles. The number of hydrogen-bond donors (Lipinski definition) is 1. The molecule has 0 aromatic heterocycles. The number of carbonyl (C=O) groups is 1. The van der Waals surface area contributed by atoms with Crippen LogP contribution < -0.4 is 5.32 Å². The molecule has 0 spiro atoms. The molecule has 6 heteroatoms. The number of hydrogen-bond acceptors (Lipinski definition) is 4. The second-order valence-electron chi connectivity index (χ2n) is 6.05. The van der Waals surface area contributed by atoms with E-state index in [2.05, 4.69) is 5.32 Å². The molecule has 0 aliphatic carbocycles. The van der Waals surface area contributed by atoms with Crippen molar-refractivity contribution in [3.8, 4) is 0 Å². The van der Waals surface area contributed by atoms with E-state index in [1.54, 1.807) is 48.5 Å². The van der Waals surface area contributed by atoms with E-state index >= 15 is 0 Å². The number of halogens is 1. The van der Waals surface area contributed by atoms with Crippen molar-refractivity contribution in [1.82, 2.24) is 0 Å². The summed E-state index contributed by atoms with van der Waals surface area (Å²) in [6.45, 7) is 0. The minimum Gasteiger partial charge on any atom is -0.378 e. The van der Waals surface area contributed by atoms with Crippen molar-refractivity contribution in [3.05, 3.63) is 106 Å². The molecule has 3 rings (SSSR count). The maximum Gasteiger partial charge on any atom is 0.269 e. The Morgan fingerprint density at radius 1 is 1.00 bits per heavy atom. The lowest BCUT2D eigenvalue weighted by Gasteiger charge is -2.20. The van der Waals surface area contributed by atoms with Gasteiger partial charge in [0.2, 0.25) is 0 Å². The van der Waals surface area contributed by atoms with E-state index in [1.165, 1.54) is 24.3 Å². The topological polar surface area (TPSA) is 72.2 Å². The van der Waals surface area contributed by atoms with Crippen molar-refractivity contribution >= 4 is 17.2 Å². The van der Waals surface area contributed by atoms with Crippen molar-refractivity contribution < 1.29 is 14.1 Å². The zero-order chi connectivity index (χ0) is 19.2. The lowest BCUT2D eigenvalue weighted by Crippen LogP contribution is -2.16. The summed E-state index contributed by atoms with van der Waals surface area (Å²) < 4.78 is 13.2. The Labute approximate surface area is 155 Å². The first-order valence-corrected chi connectivity index (χ1v) is 8.37. The van der Waals surface area contributed by atoms with E-state index in [1.807, 2.05) is 6.07 Å². The molecule has 0 bridgehead atoms. The molecule has 3 aromatic rings. The predicted octanol–water partition coefficient (Wildman–Crippen LogP) is 5.16. The first-order chi connectivity index (χ1) is 13.0. The van der Waals surface area contributed by atoms with Gasteiger partial charge in [0, 0.05) is 29.8 Å². The summed E-state index contributed by atoms with van der Waals surface area (Å²) in [4.78, 5) is 23.3. The van der Waals surface area contributed by atoms with E-state index in [9.17, 15) is 19.3 Å². The fourth-order valence-electron chi connectivity index (χ4n) is 2.78. The summed E-state index contributed by atoms with van der Waals surface area (Å²) in [5, 5.41) is 14.3. The van der Waals surface area contributed by atoms with Crippen molar-refractivity contribution in [2.24, 2.45) is 0 Å². The number of non-ortho nitro benzene ring substituents is 1. The van der Waals surface area contributed by atoms with Crippen LogP contribution in [0.25, 0.3) is 0 Å². The molecule has 0 radical (unpaired) electrons. The van der Waals surface area contributed by atoms with E-state index in [4.69, 9.17) is 0 Å². The summed E-state index contributed by atoms with van der Waals surface area (Å²) in [5.41, 5.74) is 1.74. The van der Waals surface area contributed by atoms with Crippen LogP contribution in [-0.2, 0) is 0 Å². The maximum atomic E-state index is 13.2. The number of ketones is 1. The fourth-order valence-corrected chi connectivity index (χ4v) is 2.78. The molecule has 136 valence electrons. The Morgan fingerprint density at radius 3 is 2.37 bits per heavy atom. The van der Waals surface area contributed by atoms with Gasteiger partial charge in [0.15, 0.2) is 5.78 Å². The molecule has 1 N–H and O–H groups in total. The number of nitro benzene ring substituents is 1. The molecule has 0 saturated heterocycles. The molecule has 3 aromatic carbocycles. The van der Waals surface area contributed by atoms with Gasteiger partial charge >= 0.3 is 0 Å². The quantitative estimate of drug-likeness (QED) is 0.357. The highest BCUT2D eigenvalue weighted by Gasteiger charge is 2.19. The highest BCUT2D eigenvalue weighted by atomic mass is 19.1. The third kappa shape index (κ3) is 4.76. The van der Waals surface area contributed by atoms with Crippen LogP contribution in [0.15, 0.2) is 78.9 Å². The molecular weight excluding hydrogens is 347 g/mol. The van der Waals surface area contributed by atoms with Crippen molar-refractivity contribution in [2.75, 3.05) is 5.32 Å². The lowest BCUT2D eigenvalue weighted by molar-refractivity contribution is -0.384. The first kappa shape index (κ1) is 18.3. The Bertz CT molecular complexity index is 943. The summed E-state index contributed by atoms with van der Waals surface area (Å²) in [6, 6.07) is 20.2. The van der Waals surface area contributed by atoms with E-state index in [0.29, 0.717) is 16.8 Å². The number of rotatable bonds is 7. The zero-order valence-corrected chi connectivity index (χ0v) is 14.3. The summed E-state index contributed by atoms with van der Waals surface area (Å²) in [6.07, 6.45) is 0.0998. The van der Waals surface area contributed by atoms with Crippen LogP contribution in [0.3, 0.4) is 0 Å². The summed E-state index contributed by atoms with van der Waals surface area (Å²) >= 11 is 0. The number of nitrogens with zero attached hydrogens (tertiary/aromatic N) is 1. The normalized spacial score (nSPS) is 11.6. The van der Waals surface area contributed by atoms with Crippen molar-refractivity contribution in [3.63, 3.8) is 0 Å². The molecule has 0 saturated carbocycles. The highest BCUT2D eigenvalue weighted by Crippen LogP contribution is 2.27. The van der Waals surface area contributed by atoms with Gasteiger partial charge in [-0.25, -0.2) is 4.39 Å². The minimum atomic E-state index is -0.497. The van der Waals surface area contributed by atoms with Gasteiger partial charge in [0.25, 0.3) is 5.69 Å². The van der Waals surface area contributed by atoms with Gasteiger partial charge in [-0.05, 0) is 29.8 Å². The first-order valence-electron chi connectivity index (χ1n) is 8.37. The van der Waals surface area contributed by atoms with Crippen LogP contribution in [0, 0.1) is 15.9 Å². The second kappa shape index (κ2) is 8.23. The van der Waals surface area contributed by atoms with Crippen molar-refractivity contribution in [1.29, 1.82) is 0 Å². The Kier molecular flexibility index (Phi) is 5.56. The van der Waals surface area contributed by atoms with Crippen LogP contribution in [0.4, 0.5) is 15.8 Å². The lowest BCUT2D eigenvalue weighted by atomic mass is 9.97. The molecule has 0 amide bonds. The fraction of sp³-hybridized carbons (Fsp3) is 0.0952. The third-order valence-electron chi connectivity index (χ3n) is 4.15. The average molecular weight is 364 g/mol. The molecular formula is C21H17FN2O3. The Balaban J connectivity index is 1.90. The number of anilines is 1. The monoisotopic (exact) mass is 364 g/mol. The number of benzene rings is 3. The maximum absolute atomic E-state index is 13.2. The number of carbonyl (C=O) groups excluding carboxylic acids is 1. The van der Waals surface area contributed by atoms with Crippen molar-refractivity contribution in [2.45, 2.75) is 12.5 Å². The SMILES string of the molecule is O=C(CC(Nc1ccc(F)cc1)c1cccc([N+](=O)[O-])c1)c1ccccc1. The number of nitro groups is 1.